The normalized spacial score (nSPS) is 12.9. The van der Waals surface area contributed by atoms with Gasteiger partial charge in [0, 0.05) is 12.1 Å². The number of aryl methyl sites for hydroxylation is 2. The predicted octanol–water partition coefficient (Wildman–Crippen LogP) is 2.09. The largest absolute Gasteiger partial charge is 0.387 e. The van der Waals surface area contributed by atoms with Gasteiger partial charge in [0.2, 0.25) is 0 Å². The monoisotopic (exact) mass is 211 g/mol. The van der Waals surface area contributed by atoms with Crippen molar-refractivity contribution in [3.63, 3.8) is 0 Å². The van der Waals surface area contributed by atoms with Gasteiger partial charge in [-0.05, 0) is 37.6 Å². The molecule has 0 fully saturated rings. The van der Waals surface area contributed by atoms with E-state index in [4.69, 9.17) is 0 Å². The molecule has 0 radical (unpaired) electrons. The zero-order valence-corrected chi connectivity index (χ0v) is 9.47. The highest BCUT2D eigenvalue weighted by Gasteiger charge is 2.15. The van der Waals surface area contributed by atoms with Crippen LogP contribution in [0.15, 0.2) is 12.1 Å². The van der Waals surface area contributed by atoms with Gasteiger partial charge in [0.25, 0.3) is 0 Å². The molecule has 0 aliphatic heterocycles. The molecule has 0 aliphatic carbocycles. The third kappa shape index (κ3) is 3.01. The van der Waals surface area contributed by atoms with Gasteiger partial charge in [-0.15, -0.1) is 0 Å². The molecule has 0 heterocycles. The molecule has 0 aliphatic rings. The molecule has 1 unspecified atom stereocenters. The Morgan fingerprint density at radius 3 is 2.60 bits per heavy atom. The van der Waals surface area contributed by atoms with Crippen LogP contribution in [0, 0.1) is 19.7 Å². The Labute approximate surface area is 90.1 Å². The summed E-state index contributed by atoms with van der Waals surface area (Å²) in [5.74, 6) is -0.321. The molecule has 15 heavy (non-hydrogen) atoms. The minimum Gasteiger partial charge on any atom is -0.387 e. The van der Waals surface area contributed by atoms with Gasteiger partial charge in [0.05, 0.1) is 6.10 Å². The number of nitrogens with one attached hydrogen (secondary N) is 1. The van der Waals surface area contributed by atoms with E-state index in [1.54, 1.807) is 0 Å². The van der Waals surface area contributed by atoms with Gasteiger partial charge in [0.1, 0.15) is 5.82 Å². The number of aliphatic hydroxyl groups excluding tert-OH is 1. The summed E-state index contributed by atoms with van der Waals surface area (Å²) in [7, 11) is 0. The van der Waals surface area contributed by atoms with Crippen molar-refractivity contribution >= 4 is 0 Å². The molecule has 0 bridgehead atoms. The Balaban J connectivity index is 2.92. The molecule has 0 saturated heterocycles. The summed E-state index contributed by atoms with van der Waals surface area (Å²) in [5, 5.41) is 12.8. The Hall–Kier alpha value is -0.930. The van der Waals surface area contributed by atoms with Crippen LogP contribution < -0.4 is 5.32 Å². The van der Waals surface area contributed by atoms with Crippen molar-refractivity contribution in [3.05, 3.63) is 34.6 Å². The summed E-state index contributed by atoms with van der Waals surface area (Å²) in [6, 6.07) is 3.34. The Bertz CT molecular complexity index is 315. The van der Waals surface area contributed by atoms with Crippen molar-refractivity contribution in [2.75, 3.05) is 13.1 Å². The molecule has 1 aromatic carbocycles. The van der Waals surface area contributed by atoms with Crippen LogP contribution in [-0.4, -0.2) is 18.2 Å². The first-order valence-corrected chi connectivity index (χ1v) is 5.21. The van der Waals surface area contributed by atoms with E-state index in [1.807, 2.05) is 26.8 Å². The molecule has 2 nitrogen and oxygen atoms in total. The standard InChI is InChI=1S/C12H18FNO/c1-4-14-7-11(15)12-9(3)5-8(2)6-10(12)13/h5-6,11,14-15H,4,7H2,1-3H3. The zero-order valence-electron chi connectivity index (χ0n) is 9.47. The van der Waals surface area contributed by atoms with E-state index in [1.165, 1.54) is 6.07 Å². The predicted molar refractivity (Wildman–Crippen MR) is 59.4 cm³/mol. The van der Waals surface area contributed by atoms with E-state index >= 15 is 0 Å². The molecular formula is C12H18FNO. The third-order valence-electron chi connectivity index (χ3n) is 2.40. The van der Waals surface area contributed by atoms with Crippen molar-refractivity contribution in [2.45, 2.75) is 26.9 Å². The number of benzene rings is 1. The smallest absolute Gasteiger partial charge is 0.129 e. The fourth-order valence-corrected chi connectivity index (χ4v) is 1.73. The number of hydrogen-bond acceptors (Lipinski definition) is 2. The summed E-state index contributed by atoms with van der Waals surface area (Å²) < 4.78 is 13.6. The Morgan fingerprint density at radius 2 is 2.07 bits per heavy atom. The van der Waals surface area contributed by atoms with E-state index in [0.29, 0.717) is 12.1 Å². The summed E-state index contributed by atoms with van der Waals surface area (Å²) in [5.41, 5.74) is 2.09. The SMILES string of the molecule is CCNCC(O)c1c(C)cc(C)cc1F. The van der Waals surface area contributed by atoms with E-state index in [2.05, 4.69) is 5.32 Å². The molecule has 2 N–H and O–H groups in total. The van der Waals surface area contributed by atoms with E-state index < -0.39 is 6.10 Å². The second kappa shape index (κ2) is 5.24. The summed E-state index contributed by atoms with van der Waals surface area (Å²) in [4.78, 5) is 0. The van der Waals surface area contributed by atoms with Gasteiger partial charge in [0.15, 0.2) is 0 Å². The van der Waals surface area contributed by atoms with Crippen LogP contribution in [0.1, 0.15) is 29.7 Å². The van der Waals surface area contributed by atoms with Crippen molar-refractivity contribution in [2.24, 2.45) is 0 Å². The van der Waals surface area contributed by atoms with Gasteiger partial charge < -0.3 is 10.4 Å². The van der Waals surface area contributed by atoms with Gasteiger partial charge in [-0.1, -0.05) is 13.0 Å². The van der Waals surface area contributed by atoms with Crippen LogP contribution in [0.5, 0.6) is 0 Å². The maximum Gasteiger partial charge on any atom is 0.129 e. The molecule has 3 heteroatoms. The summed E-state index contributed by atoms with van der Waals surface area (Å²) in [6.07, 6.45) is -0.773. The molecular weight excluding hydrogens is 193 g/mol. The maximum absolute atomic E-state index is 13.6. The highest BCUT2D eigenvalue weighted by molar-refractivity contribution is 5.33. The fraction of sp³-hybridized carbons (Fsp3) is 0.500. The number of halogens is 1. The molecule has 1 rings (SSSR count). The highest BCUT2D eigenvalue weighted by Crippen LogP contribution is 2.22. The minimum absolute atomic E-state index is 0.321. The Morgan fingerprint density at radius 1 is 1.40 bits per heavy atom. The van der Waals surface area contributed by atoms with Crippen molar-refractivity contribution in [1.82, 2.24) is 5.32 Å². The van der Waals surface area contributed by atoms with Gasteiger partial charge in [-0.2, -0.15) is 0 Å². The second-order valence-corrected chi connectivity index (χ2v) is 3.80. The summed E-state index contributed by atoms with van der Waals surface area (Å²) >= 11 is 0. The van der Waals surface area contributed by atoms with Gasteiger partial charge >= 0.3 is 0 Å². The molecule has 1 aromatic rings. The number of likely N-dealkylation sites (N-methyl/N-ethyl adjacent to an activating group) is 1. The Kier molecular flexibility index (Phi) is 4.24. The molecule has 0 amide bonds. The lowest BCUT2D eigenvalue weighted by atomic mass is 10.00. The zero-order chi connectivity index (χ0) is 11.4. The first kappa shape index (κ1) is 12.1. The first-order valence-electron chi connectivity index (χ1n) is 5.21. The number of rotatable bonds is 4. The van der Waals surface area contributed by atoms with Gasteiger partial charge in [-0.3, -0.25) is 0 Å². The quantitative estimate of drug-likeness (QED) is 0.799. The van der Waals surface area contributed by atoms with E-state index in [9.17, 15) is 9.50 Å². The molecule has 0 spiro atoms. The van der Waals surface area contributed by atoms with Crippen LogP contribution in [0.25, 0.3) is 0 Å². The van der Waals surface area contributed by atoms with Crippen LogP contribution >= 0.6 is 0 Å². The maximum atomic E-state index is 13.6. The van der Waals surface area contributed by atoms with Gasteiger partial charge in [-0.25, -0.2) is 4.39 Å². The van der Waals surface area contributed by atoms with Crippen LogP contribution in [0.3, 0.4) is 0 Å². The summed E-state index contributed by atoms with van der Waals surface area (Å²) in [6.45, 7) is 6.77. The average Bonchev–Trinajstić information content (AvgIpc) is 2.12. The van der Waals surface area contributed by atoms with Crippen molar-refractivity contribution in [1.29, 1.82) is 0 Å². The molecule has 1 atom stereocenters. The molecule has 84 valence electrons. The lowest BCUT2D eigenvalue weighted by molar-refractivity contribution is 0.170. The lowest BCUT2D eigenvalue weighted by Gasteiger charge is -2.15. The number of aliphatic hydroxyl groups is 1. The lowest BCUT2D eigenvalue weighted by Crippen LogP contribution is -2.22. The van der Waals surface area contributed by atoms with E-state index in [0.717, 1.165) is 17.7 Å². The minimum atomic E-state index is -0.773. The van der Waals surface area contributed by atoms with Crippen LogP contribution in [0.2, 0.25) is 0 Å². The number of hydrogen-bond donors (Lipinski definition) is 2. The van der Waals surface area contributed by atoms with Crippen LogP contribution in [-0.2, 0) is 0 Å². The van der Waals surface area contributed by atoms with Crippen LogP contribution in [0.4, 0.5) is 4.39 Å². The topological polar surface area (TPSA) is 32.3 Å². The van der Waals surface area contributed by atoms with Crippen molar-refractivity contribution in [3.8, 4) is 0 Å². The third-order valence-corrected chi connectivity index (χ3v) is 2.40. The average molecular weight is 211 g/mol. The molecule has 0 saturated carbocycles. The first-order chi connectivity index (χ1) is 7.06. The van der Waals surface area contributed by atoms with E-state index in [-0.39, 0.29) is 5.82 Å². The highest BCUT2D eigenvalue weighted by atomic mass is 19.1. The fourth-order valence-electron chi connectivity index (χ4n) is 1.73. The molecule has 0 aromatic heterocycles. The van der Waals surface area contributed by atoms with Crippen molar-refractivity contribution < 1.29 is 9.50 Å². The second-order valence-electron chi connectivity index (χ2n) is 3.80.